The Morgan fingerprint density at radius 2 is 0.667 bits per heavy atom. The van der Waals surface area contributed by atoms with E-state index >= 15 is 0 Å². The van der Waals surface area contributed by atoms with Crippen LogP contribution in [0, 0.1) is 11.8 Å². The van der Waals surface area contributed by atoms with E-state index in [0.29, 0.717) is 19.3 Å². The van der Waals surface area contributed by atoms with E-state index in [1.807, 2.05) is 0 Å². The van der Waals surface area contributed by atoms with Crippen molar-refractivity contribution in [3.05, 3.63) is 0 Å². The summed E-state index contributed by atoms with van der Waals surface area (Å²) in [6.45, 7) is 11.4. The molecule has 57 heavy (non-hydrogen) atoms. The van der Waals surface area contributed by atoms with Gasteiger partial charge in [0.15, 0.2) is 6.10 Å². The lowest BCUT2D eigenvalue weighted by Crippen LogP contribution is -2.30. The summed E-state index contributed by atoms with van der Waals surface area (Å²) in [5.41, 5.74) is 0. The lowest BCUT2D eigenvalue weighted by Gasteiger charge is -2.18. The van der Waals surface area contributed by atoms with Crippen LogP contribution in [0.15, 0.2) is 0 Å². The fourth-order valence-electron chi connectivity index (χ4n) is 7.60. The van der Waals surface area contributed by atoms with E-state index in [1.165, 1.54) is 167 Å². The second-order valence-corrected chi connectivity index (χ2v) is 18.2. The highest BCUT2D eigenvalue weighted by Crippen LogP contribution is 2.17. The average molecular weight is 807 g/mol. The van der Waals surface area contributed by atoms with Gasteiger partial charge in [0, 0.05) is 19.3 Å². The molecule has 0 aromatic carbocycles. The second kappa shape index (κ2) is 44.0. The van der Waals surface area contributed by atoms with Crippen molar-refractivity contribution in [2.24, 2.45) is 11.8 Å². The van der Waals surface area contributed by atoms with Gasteiger partial charge in [-0.25, -0.2) is 0 Å². The molecule has 1 unspecified atom stereocenters. The van der Waals surface area contributed by atoms with Crippen molar-refractivity contribution < 1.29 is 28.6 Å². The molecule has 0 bridgehead atoms. The maximum atomic E-state index is 12.8. The molecular formula is C51H98O6. The zero-order chi connectivity index (χ0) is 41.9. The van der Waals surface area contributed by atoms with Crippen LogP contribution in [-0.4, -0.2) is 37.2 Å². The van der Waals surface area contributed by atoms with E-state index in [2.05, 4.69) is 34.6 Å². The Balaban J connectivity index is 4.34. The van der Waals surface area contributed by atoms with Gasteiger partial charge in [0.25, 0.3) is 0 Å². The molecule has 0 aliphatic rings. The molecule has 0 radical (unpaired) electrons. The largest absolute Gasteiger partial charge is 0.462 e. The predicted molar refractivity (Wildman–Crippen MR) is 243 cm³/mol. The van der Waals surface area contributed by atoms with Gasteiger partial charge in [0.2, 0.25) is 0 Å². The van der Waals surface area contributed by atoms with Crippen molar-refractivity contribution in [3.8, 4) is 0 Å². The summed E-state index contributed by atoms with van der Waals surface area (Å²) < 4.78 is 16.8. The van der Waals surface area contributed by atoms with E-state index in [4.69, 9.17) is 14.2 Å². The Hall–Kier alpha value is -1.59. The van der Waals surface area contributed by atoms with E-state index in [9.17, 15) is 14.4 Å². The first-order valence-electron chi connectivity index (χ1n) is 25.3. The number of carbonyl (C=O) groups is 3. The molecule has 0 saturated heterocycles. The van der Waals surface area contributed by atoms with Crippen LogP contribution in [0.1, 0.15) is 279 Å². The summed E-state index contributed by atoms with van der Waals surface area (Å²) >= 11 is 0. The van der Waals surface area contributed by atoms with E-state index in [-0.39, 0.29) is 31.1 Å². The summed E-state index contributed by atoms with van der Waals surface area (Å²) in [6, 6.07) is 0. The van der Waals surface area contributed by atoms with Crippen molar-refractivity contribution in [3.63, 3.8) is 0 Å². The zero-order valence-corrected chi connectivity index (χ0v) is 39.0. The maximum Gasteiger partial charge on any atom is 0.306 e. The second-order valence-electron chi connectivity index (χ2n) is 18.2. The van der Waals surface area contributed by atoms with Gasteiger partial charge >= 0.3 is 17.9 Å². The smallest absolute Gasteiger partial charge is 0.306 e. The number of hydrogen-bond donors (Lipinski definition) is 0. The molecule has 2 atom stereocenters. The van der Waals surface area contributed by atoms with Crippen molar-refractivity contribution in [1.29, 1.82) is 0 Å². The standard InChI is InChI=1S/C51H98O6/c1-6-8-9-10-11-12-13-14-15-16-21-28-33-38-43-51(54)57-48(45-56-50(53)42-37-32-27-23-22-25-30-35-40-47(5)7-2)44-55-49(52)41-36-31-26-20-18-17-19-24-29-34-39-46(3)4/h46-48H,6-45H2,1-5H3/t47?,48-/m1/s1. The molecule has 0 aromatic heterocycles. The minimum absolute atomic E-state index is 0.0644. The molecule has 0 aliphatic carbocycles. The highest BCUT2D eigenvalue weighted by atomic mass is 16.6. The highest BCUT2D eigenvalue weighted by molar-refractivity contribution is 5.71. The maximum absolute atomic E-state index is 12.8. The third-order valence-corrected chi connectivity index (χ3v) is 11.8. The minimum Gasteiger partial charge on any atom is -0.462 e. The molecule has 6 heteroatoms. The topological polar surface area (TPSA) is 78.9 Å². The average Bonchev–Trinajstić information content (AvgIpc) is 3.19. The molecule has 0 aromatic rings. The molecule has 0 amide bonds. The Morgan fingerprint density at radius 3 is 1.00 bits per heavy atom. The summed E-state index contributed by atoms with van der Waals surface area (Å²) in [5, 5.41) is 0. The lowest BCUT2D eigenvalue weighted by atomic mass is 9.99. The first-order valence-corrected chi connectivity index (χ1v) is 25.3. The monoisotopic (exact) mass is 807 g/mol. The highest BCUT2D eigenvalue weighted by Gasteiger charge is 2.19. The van der Waals surface area contributed by atoms with Gasteiger partial charge in [-0.2, -0.15) is 0 Å². The van der Waals surface area contributed by atoms with E-state index < -0.39 is 6.10 Å². The van der Waals surface area contributed by atoms with Crippen molar-refractivity contribution in [2.45, 2.75) is 285 Å². The van der Waals surface area contributed by atoms with Crippen LogP contribution in [-0.2, 0) is 28.6 Å². The summed E-state index contributed by atoms with van der Waals surface area (Å²) in [4.78, 5) is 37.9. The van der Waals surface area contributed by atoms with Gasteiger partial charge < -0.3 is 14.2 Å². The number of carbonyl (C=O) groups excluding carboxylic acids is 3. The molecule has 0 rings (SSSR count). The molecule has 0 N–H and O–H groups in total. The molecule has 0 fully saturated rings. The number of hydrogen-bond acceptors (Lipinski definition) is 6. The third-order valence-electron chi connectivity index (χ3n) is 11.8. The van der Waals surface area contributed by atoms with Gasteiger partial charge in [0.05, 0.1) is 0 Å². The molecular weight excluding hydrogens is 709 g/mol. The van der Waals surface area contributed by atoms with Gasteiger partial charge in [0.1, 0.15) is 13.2 Å². The van der Waals surface area contributed by atoms with E-state index in [1.54, 1.807) is 0 Å². The van der Waals surface area contributed by atoms with Gasteiger partial charge in [-0.15, -0.1) is 0 Å². The molecule has 338 valence electrons. The first kappa shape index (κ1) is 55.4. The SMILES string of the molecule is CCCCCCCCCCCCCCCCC(=O)O[C@H](COC(=O)CCCCCCCCCCCCC(C)C)COC(=O)CCCCCCCCCCC(C)CC. The van der Waals surface area contributed by atoms with Gasteiger partial charge in [-0.3, -0.25) is 14.4 Å². The minimum atomic E-state index is -0.761. The normalized spacial score (nSPS) is 12.5. The number of esters is 3. The Bertz CT molecular complexity index is 872. The summed E-state index contributed by atoms with van der Waals surface area (Å²) in [6.07, 6.45) is 43.6. The van der Waals surface area contributed by atoms with Gasteiger partial charge in [-0.05, 0) is 31.1 Å². The van der Waals surface area contributed by atoms with Gasteiger partial charge in [-0.1, -0.05) is 240 Å². The fraction of sp³-hybridized carbons (Fsp3) is 0.941. The van der Waals surface area contributed by atoms with Crippen molar-refractivity contribution >= 4 is 17.9 Å². The Labute approximate surface area is 355 Å². The summed E-state index contributed by atoms with van der Waals surface area (Å²) in [5.74, 6) is 0.815. The number of unbranched alkanes of at least 4 members (excludes halogenated alkanes) is 29. The van der Waals surface area contributed by atoms with Crippen LogP contribution < -0.4 is 0 Å². The molecule has 0 aliphatic heterocycles. The fourth-order valence-corrected chi connectivity index (χ4v) is 7.60. The number of ether oxygens (including phenoxy) is 3. The third kappa shape index (κ3) is 43.8. The van der Waals surface area contributed by atoms with Crippen LogP contribution in [0.25, 0.3) is 0 Å². The first-order chi connectivity index (χ1) is 27.8. The Morgan fingerprint density at radius 1 is 0.368 bits per heavy atom. The molecule has 6 nitrogen and oxygen atoms in total. The van der Waals surface area contributed by atoms with Crippen molar-refractivity contribution in [1.82, 2.24) is 0 Å². The lowest BCUT2D eigenvalue weighted by molar-refractivity contribution is -0.167. The molecule has 0 heterocycles. The Kier molecular flexibility index (Phi) is 42.7. The summed E-state index contributed by atoms with van der Waals surface area (Å²) in [7, 11) is 0. The van der Waals surface area contributed by atoms with Crippen LogP contribution in [0.2, 0.25) is 0 Å². The molecule has 0 saturated carbocycles. The quantitative estimate of drug-likeness (QED) is 0.0346. The number of rotatable bonds is 45. The zero-order valence-electron chi connectivity index (χ0n) is 39.0. The van der Waals surface area contributed by atoms with E-state index in [0.717, 1.165) is 69.6 Å². The van der Waals surface area contributed by atoms with Crippen LogP contribution in [0.4, 0.5) is 0 Å². The van der Waals surface area contributed by atoms with Crippen LogP contribution >= 0.6 is 0 Å². The van der Waals surface area contributed by atoms with Crippen LogP contribution in [0.3, 0.4) is 0 Å². The molecule has 0 spiro atoms. The predicted octanol–water partition coefficient (Wildman–Crippen LogP) is 16.1. The van der Waals surface area contributed by atoms with Crippen molar-refractivity contribution in [2.75, 3.05) is 13.2 Å². The van der Waals surface area contributed by atoms with Crippen LogP contribution in [0.5, 0.6) is 0 Å².